The van der Waals surface area contributed by atoms with Crippen molar-refractivity contribution in [3.8, 4) is 0 Å². The lowest BCUT2D eigenvalue weighted by Crippen LogP contribution is -2.51. The zero-order valence-electron chi connectivity index (χ0n) is 19.0. The normalized spacial score (nSPS) is 16.0. The van der Waals surface area contributed by atoms with Gasteiger partial charge in [-0.05, 0) is 74.1 Å². The number of rotatable bonds is 8. The van der Waals surface area contributed by atoms with Crippen LogP contribution in [-0.4, -0.2) is 58.4 Å². The molecule has 4 N–H and O–H groups in total. The first-order chi connectivity index (χ1) is 15.3. The highest BCUT2D eigenvalue weighted by molar-refractivity contribution is 7.07. The second-order valence-corrected chi connectivity index (χ2v) is 9.70. The Morgan fingerprint density at radius 1 is 1.44 bits per heavy atom. The summed E-state index contributed by atoms with van der Waals surface area (Å²) in [6.07, 6.45) is 2.84. The maximum absolute atomic E-state index is 12.6. The first-order valence-corrected chi connectivity index (χ1v) is 12.4. The standard InChI is InChI=1S/C23H33ClN6OS/c1-15-12-20(24)28-17(3)21(15)22(31)27-8-4-16(2)29-9-5-19(6-10-29)30(23(25)26)13-18-7-11-32-14-18/h7,11-12,14,16,19H,4-6,8-10,13H2,1-3H3,(H3,25,26)(H,27,31)/t16-/m1/s1. The molecule has 9 heteroatoms. The minimum atomic E-state index is -0.0967. The number of pyridine rings is 1. The molecule has 1 atom stereocenters. The summed E-state index contributed by atoms with van der Waals surface area (Å²) in [6.45, 7) is 9.14. The van der Waals surface area contributed by atoms with Crippen LogP contribution in [-0.2, 0) is 6.54 Å². The van der Waals surface area contributed by atoms with Gasteiger partial charge in [-0.15, -0.1) is 0 Å². The number of nitrogens with zero attached hydrogens (tertiary/aromatic N) is 3. The van der Waals surface area contributed by atoms with Crippen molar-refractivity contribution in [1.29, 1.82) is 5.41 Å². The third-order valence-electron chi connectivity index (χ3n) is 6.25. The van der Waals surface area contributed by atoms with E-state index in [1.54, 1.807) is 17.4 Å². The number of amides is 1. The lowest BCUT2D eigenvalue weighted by atomic mass is 10.0. The summed E-state index contributed by atoms with van der Waals surface area (Å²) >= 11 is 7.64. The van der Waals surface area contributed by atoms with Crippen LogP contribution in [0.1, 0.15) is 53.4 Å². The number of hydrogen-bond donors (Lipinski definition) is 3. The molecule has 1 amide bonds. The van der Waals surface area contributed by atoms with E-state index in [4.69, 9.17) is 22.7 Å². The third-order valence-corrected chi connectivity index (χ3v) is 7.17. The van der Waals surface area contributed by atoms with Crippen LogP contribution >= 0.6 is 22.9 Å². The summed E-state index contributed by atoms with van der Waals surface area (Å²) in [5.74, 6) is 0.0493. The van der Waals surface area contributed by atoms with Crippen molar-refractivity contribution in [2.45, 2.75) is 58.7 Å². The molecule has 3 rings (SSSR count). The molecule has 1 aliphatic heterocycles. The Morgan fingerprint density at radius 2 is 2.16 bits per heavy atom. The van der Waals surface area contributed by atoms with Crippen LogP contribution in [0.25, 0.3) is 0 Å². The van der Waals surface area contributed by atoms with Gasteiger partial charge in [0.05, 0.1) is 11.3 Å². The number of aryl methyl sites for hydroxylation is 2. The van der Waals surface area contributed by atoms with Crippen LogP contribution < -0.4 is 11.1 Å². The Balaban J connectivity index is 1.46. The number of carbonyl (C=O) groups is 1. The van der Waals surface area contributed by atoms with Gasteiger partial charge in [0.2, 0.25) is 0 Å². The van der Waals surface area contributed by atoms with Crippen molar-refractivity contribution in [1.82, 2.24) is 20.1 Å². The number of likely N-dealkylation sites (tertiary alicyclic amines) is 1. The molecule has 7 nitrogen and oxygen atoms in total. The van der Waals surface area contributed by atoms with Gasteiger partial charge >= 0.3 is 0 Å². The maximum Gasteiger partial charge on any atom is 0.253 e. The van der Waals surface area contributed by atoms with Crippen LogP contribution in [0.2, 0.25) is 5.15 Å². The van der Waals surface area contributed by atoms with E-state index in [2.05, 4.69) is 39.0 Å². The number of hydrogen-bond acceptors (Lipinski definition) is 5. The molecular weight excluding hydrogens is 444 g/mol. The smallest absolute Gasteiger partial charge is 0.253 e. The maximum atomic E-state index is 12.6. The molecule has 0 bridgehead atoms. The van der Waals surface area contributed by atoms with Gasteiger partial charge < -0.3 is 20.9 Å². The predicted octanol–water partition coefficient (Wildman–Crippen LogP) is 3.78. The molecule has 2 aromatic heterocycles. The molecule has 2 aromatic rings. The largest absolute Gasteiger partial charge is 0.370 e. The van der Waals surface area contributed by atoms with Crippen LogP contribution in [0, 0.1) is 19.3 Å². The molecule has 0 radical (unpaired) electrons. The summed E-state index contributed by atoms with van der Waals surface area (Å²) < 4.78 is 0. The molecule has 0 spiro atoms. The van der Waals surface area contributed by atoms with E-state index in [9.17, 15) is 4.79 Å². The number of halogens is 1. The fourth-order valence-corrected chi connectivity index (χ4v) is 5.37. The average molecular weight is 477 g/mol. The Bertz CT molecular complexity index is 904. The highest BCUT2D eigenvalue weighted by atomic mass is 35.5. The molecule has 0 aliphatic carbocycles. The molecule has 1 aliphatic rings. The molecule has 0 saturated carbocycles. The molecule has 1 fully saturated rings. The Kier molecular flexibility index (Phi) is 8.51. The lowest BCUT2D eigenvalue weighted by molar-refractivity contribution is 0.0934. The van der Waals surface area contributed by atoms with Gasteiger partial charge in [-0.2, -0.15) is 11.3 Å². The minimum Gasteiger partial charge on any atom is -0.370 e. The monoisotopic (exact) mass is 476 g/mol. The number of guanidine groups is 1. The number of piperidine rings is 1. The van der Waals surface area contributed by atoms with Crippen LogP contribution in [0.5, 0.6) is 0 Å². The number of thiophene rings is 1. The Hall–Kier alpha value is -2.16. The van der Waals surface area contributed by atoms with E-state index in [1.807, 2.05) is 18.7 Å². The van der Waals surface area contributed by atoms with Crippen molar-refractivity contribution < 1.29 is 4.79 Å². The summed E-state index contributed by atoms with van der Waals surface area (Å²) in [7, 11) is 0. The van der Waals surface area contributed by atoms with Crippen LogP contribution in [0.3, 0.4) is 0 Å². The number of carbonyl (C=O) groups excluding carboxylic acids is 1. The van der Waals surface area contributed by atoms with E-state index in [-0.39, 0.29) is 11.9 Å². The quantitative estimate of drug-likeness (QED) is 0.306. The highest BCUT2D eigenvalue weighted by Crippen LogP contribution is 2.22. The van der Waals surface area contributed by atoms with E-state index < -0.39 is 0 Å². The Labute approximate surface area is 199 Å². The van der Waals surface area contributed by atoms with Gasteiger partial charge in [-0.3, -0.25) is 10.2 Å². The SMILES string of the molecule is Cc1cc(Cl)nc(C)c1C(=O)NCC[C@@H](C)N1CCC(N(Cc2ccsc2)C(=N)N)CC1. The van der Waals surface area contributed by atoms with Gasteiger partial charge in [0.25, 0.3) is 5.91 Å². The van der Waals surface area contributed by atoms with Crippen molar-refractivity contribution in [2.75, 3.05) is 19.6 Å². The molecule has 0 aromatic carbocycles. The molecule has 174 valence electrons. The first-order valence-electron chi connectivity index (χ1n) is 11.0. The van der Waals surface area contributed by atoms with Gasteiger partial charge in [-0.1, -0.05) is 11.6 Å². The number of nitrogens with one attached hydrogen (secondary N) is 2. The average Bonchev–Trinajstić information content (AvgIpc) is 3.24. The number of nitrogens with two attached hydrogens (primary N) is 1. The van der Waals surface area contributed by atoms with Gasteiger partial charge in [0, 0.05) is 38.3 Å². The fourth-order valence-electron chi connectivity index (χ4n) is 4.42. The zero-order chi connectivity index (χ0) is 23.3. The van der Waals surface area contributed by atoms with Gasteiger partial charge in [-0.25, -0.2) is 4.98 Å². The zero-order valence-corrected chi connectivity index (χ0v) is 20.6. The molecule has 32 heavy (non-hydrogen) atoms. The third kappa shape index (κ3) is 6.21. The van der Waals surface area contributed by atoms with Crippen LogP contribution in [0.4, 0.5) is 0 Å². The van der Waals surface area contributed by atoms with Gasteiger partial charge in [0.15, 0.2) is 5.96 Å². The van der Waals surface area contributed by atoms with Crippen LogP contribution in [0.15, 0.2) is 22.9 Å². The minimum absolute atomic E-state index is 0.0967. The van der Waals surface area contributed by atoms with E-state index in [1.165, 1.54) is 5.56 Å². The van der Waals surface area contributed by atoms with Crippen molar-refractivity contribution in [2.24, 2.45) is 5.73 Å². The second-order valence-electron chi connectivity index (χ2n) is 8.53. The fraction of sp³-hybridized carbons (Fsp3) is 0.522. The summed E-state index contributed by atoms with van der Waals surface area (Å²) in [5, 5.41) is 15.6. The van der Waals surface area contributed by atoms with Crippen molar-refractivity contribution >= 4 is 34.8 Å². The number of aromatic nitrogens is 1. The van der Waals surface area contributed by atoms with Crippen molar-refractivity contribution in [3.63, 3.8) is 0 Å². The second kappa shape index (κ2) is 11.1. The van der Waals surface area contributed by atoms with Crippen molar-refractivity contribution in [3.05, 3.63) is 50.4 Å². The summed E-state index contributed by atoms with van der Waals surface area (Å²) in [4.78, 5) is 21.3. The van der Waals surface area contributed by atoms with E-state index >= 15 is 0 Å². The van der Waals surface area contributed by atoms with E-state index in [0.29, 0.717) is 41.6 Å². The molecular formula is C23H33ClN6OS. The molecule has 3 heterocycles. The predicted molar refractivity (Wildman–Crippen MR) is 132 cm³/mol. The highest BCUT2D eigenvalue weighted by Gasteiger charge is 2.27. The Morgan fingerprint density at radius 3 is 2.75 bits per heavy atom. The van der Waals surface area contributed by atoms with E-state index in [0.717, 1.165) is 37.9 Å². The topological polar surface area (TPSA) is 98.3 Å². The first kappa shape index (κ1) is 24.5. The van der Waals surface area contributed by atoms with Gasteiger partial charge in [0.1, 0.15) is 5.15 Å². The summed E-state index contributed by atoms with van der Waals surface area (Å²) in [6, 6.07) is 4.47. The lowest BCUT2D eigenvalue weighted by Gasteiger charge is -2.41. The molecule has 1 saturated heterocycles. The molecule has 0 unspecified atom stereocenters. The summed E-state index contributed by atoms with van der Waals surface area (Å²) in [5.41, 5.74) is 9.21.